The Labute approximate surface area is 146 Å². The van der Waals surface area contributed by atoms with E-state index in [4.69, 9.17) is 4.74 Å². The van der Waals surface area contributed by atoms with Crippen LogP contribution < -0.4 is 10.4 Å². The molecule has 1 aromatic rings. The molecule has 7 nitrogen and oxygen atoms in total. The molecule has 3 aliphatic rings. The van der Waals surface area contributed by atoms with Crippen molar-refractivity contribution in [3.8, 4) is 0 Å². The van der Waals surface area contributed by atoms with E-state index in [-0.39, 0.29) is 29.8 Å². The van der Waals surface area contributed by atoms with Gasteiger partial charge in [-0.3, -0.25) is 15.0 Å². The lowest BCUT2D eigenvalue weighted by Crippen LogP contribution is -2.61. The fourth-order valence-corrected chi connectivity index (χ4v) is 3.81. The highest BCUT2D eigenvalue weighted by Gasteiger charge is 2.41. The van der Waals surface area contributed by atoms with Crippen molar-refractivity contribution in [3.05, 3.63) is 30.3 Å². The highest BCUT2D eigenvalue weighted by Crippen LogP contribution is 2.30. The first-order valence-corrected chi connectivity index (χ1v) is 8.81. The average molecular weight is 342 g/mol. The monoisotopic (exact) mass is 342 g/mol. The lowest BCUT2D eigenvalue weighted by molar-refractivity contribution is -0.137. The molecule has 2 heterocycles. The van der Waals surface area contributed by atoms with Gasteiger partial charge >= 0.3 is 0 Å². The summed E-state index contributed by atoms with van der Waals surface area (Å²) in [5, 5.41) is 1.41. The topological polar surface area (TPSA) is 74.2 Å². The molecule has 1 saturated carbocycles. The molecule has 132 valence electrons. The van der Waals surface area contributed by atoms with Crippen molar-refractivity contribution >= 4 is 23.3 Å². The van der Waals surface area contributed by atoms with Crippen LogP contribution in [0.25, 0.3) is 0 Å². The van der Waals surface area contributed by atoms with E-state index in [0.717, 1.165) is 19.3 Å². The van der Waals surface area contributed by atoms with Crippen molar-refractivity contribution in [1.29, 1.82) is 0 Å². The van der Waals surface area contributed by atoms with E-state index >= 15 is 0 Å². The molecule has 0 unspecified atom stereocenters. The number of nitrogens with zero attached hydrogens (tertiary/aromatic N) is 3. The molecule has 25 heavy (non-hydrogen) atoms. The number of rotatable bonds is 2. The Kier molecular flexibility index (Phi) is 4.17. The number of benzene rings is 1. The summed E-state index contributed by atoms with van der Waals surface area (Å²) in [6.45, 7) is 2.83. The lowest BCUT2D eigenvalue weighted by Gasteiger charge is -2.39. The molecule has 1 saturated heterocycles. The molecule has 7 heteroatoms. The van der Waals surface area contributed by atoms with Crippen LogP contribution in [0.4, 0.5) is 5.69 Å². The van der Waals surface area contributed by atoms with Crippen molar-refractivity contribution in [3.63, 3.8) is 0 Å². The standard InChI is InChI=1S/C18H22N4O3/c1-12-17(23)22(13-6-3-2-4-7-13)20-16(19-12)18(24)21-10-11-25-15-9-5-8-14(15)21/h2-4,6-7,12,14-15H,5,8-11H2,1H3,(H,19,20)/t12-,14-,15+/m0/s1. The van der Waals surface area contributed by atoms with Gasteiger partial charge in [-0.15, -0.1) is 0 Å². The summed E-state index contributed by atoms with van der Waals surface area (Å²) < 4.78 is 5.78. The van der Waals surface area contributed by atoms with E-state index in [2.05, 4.69) is 10.4 Å². The zero-order valence-corrected chi connectivity index (χ0v) is 14.2. The molecule has 1 aromatic carbocycles. The number of para-hydroxylation sites is 1. The molecular formula is C18H22N4O3. The molecule has 0 aromatic heterocycles. The minimum Gasteiger partial charge on any atom is -0.374 e. The lowest BCUT2D eigenvalue weighted by atomic mass is 10.1. The molecular weight excluding hydrogens is 320 g/mol. The maximum Gasteiger partial charge on any atom is 0.291 e. The van der Waals surface area contributed by atoms with Gasteiger partial charge in [-0.25, -0.2) is 10.0 Å². The summed E-state index contributed by atoms with van der Waals surface area (Å²) in [5.74, 6) is -0.104. The highest BCUT2D eigenvalue weighted by molar-refractivity contribution is 6.39. The normalized spacial score (nSPS) is 29.1. The first-order chi connectivity index (χ1) is 12.1. The van der Waals surface area contributed by atoms with Crippen molar-refractivity contribution in [2.75, 3.05) is 18.2 Å². The third kappa shape index (κ3) is 2.89. The van der Waals surface area contributed by atoms with E-state index in [0.29, 0.717) is 18.8 Å². The molecule has 2 aliphatic heterocycles. The number of amidine groups is 1. The highest BCUT2D eigenvalue weighted by atomic mass is 16.5. The smallest absolute Gasteiger partial charge is 0.291 e. The van der Waals surface area contributed by atoms with Gasteiger partial charge in [0.1, 0.15) is 6.04 Å². The Bertz CT molecular complexity index is 706. The summed E-state index contributed by atoms with van der Waals surface area (Å²) in [6, 6.07) is 8.76. The number of nitrogens with one attached hydrogen (secondary N) is 1. The molecule has 2 amide bonds. The summed E-state index contributed by atoms with van der Waals surface area (Å²) in [6.07, 6.45) is 3.16. The predicted octanol–water partition coefficient (Wildman–Crippen LogP) is 1.10. The summed E-state index contributed by atoms with van der Waals surface area (Å²) in [4.78, 5) is 31.7. The van der Waals surface area contributed by atoms with Gasteiger partial charge < -0.3 is 9.64 Å². The van der Waals surface area contributed by atoms with Crippen LogP contribution in [0.2, 0.25) is 0 Å². The van der Waals surface area contributed by atoms with Gasteiger partial charge in [0.05, 0.1) is 24.4 Å². The quantitative estimate of drug-likeness (QED) is 0.874. The average Bonchev–Trinajstić information content (AvgIpc) is 3.12. The van der Waals surface area contributed by atoms with Gasteiger partial charge in [0.2, 0.25) is 5.84 Å². The fraction of sp³-hybridized carbons (Fsp3) is 0.500. The first-order valence-electron chi connectivity index (χ1n) is 8.81. The van der Waals surface area contributed by atoms with Gasteiger partial charge in [-0.2, -0.15) is 0 Å². The number of morpholine rings is 1. The molecule has 4 rings (SSSR count). The van der Waals surface area contributed by atoms with Crippen molar-refractivity contribution < 1.29 is 14.3 Å². The van der Waals surface area contributed by atoms with Crippen LogP contribution in [0.15, 0.2) is 35.3 Å². The van der Waals surface area contributed by atoms with E-state index in [1.165, 1.54) is 5.01 Å². The van der Waals surface area contributed by atoms with E-state index in [1.807, 2.05) is 35.2 Å². The van der Waals surface area contributed by atoms with Gasteiger partial charge in [0.15, 0.2) is 0 Å². The Morgan fingerprint density at radius 3 is 2.88 bits per heavy atom. The number of hydrogen-bond donors (Lipinski definition) is 1. The summed E-state index contributed by atoms with van der Waals surface area (Å²) in [5.41, 5.74) is 3.62. The minimum absolute atomic E-state index is 0.115. The number of aliphatic imine (C=N–C) groups is 1. The largest absolute Gasteiger partial charge is 0.374 e. The molecule has 1 N–H and O–H groups in total. The summed E-state index contributed by atoms with van der Waals surface area (Å²) >= 11 is 0. The number of amides is 2. The number of carbonyl (C=O) groups is 2. The summed E-state index contributed by atoms with van der Waals surface area (Å²) in [7, 11) is 0. The molecule has 0 spiro atoms. The second kappa shape index (κ2) is 6.48. The van der Waals surface area contributed by atoms with Gasteiger partial charge in [-0.1, -0.05) is 18.2 Å². The second-order valence-corrected chi connectivity index (χ2v) is 6.68. The third-order valence-electron chi connectivity index (χ3n) is 5.08. The molecule has 2 fully saturated rings. The molecule has 1 aliphatic carbocycles. The van der Waals surface area contributed by atoms with Crippen molar-refractivity contribution in [2.24, 2.45) is 4.99 Å². The number of ether oxygens (including phenoxy) is 1. The first kappa shape index (κ1) is 16.1. The van der Waals surface area contributed by atoms with Crippen molar-refractivity contribution in [2.45, 2.75) is 44.4 Å². The Balaban J connectivity index is 1.58. The van der Waals surface area contributed by atoms with Crippen LogP contribution in [0.5, 0.6) is 0 Å². The number of hydrazine groups is 1. The van der Waals surface area contributed by atoms with Crippen LogP contribution >= 0.6 is 0 Å². The Morgan fingerprint density at radius 1 is 1.28 bits per heavy atom. The van der Waals surface area contributed by atoms with Crippen molar-refractivity contribution in [1.82, 2.24) is 10.3 Å². The molecule has 3 atom stereocenters. The molecule has 0 radical (unpaired) electrons. The van der Waals surface area contributed by atoms with Gasteiger partial charge in [0, 0.05) is 6.54 Å². The predicted molar refractivity (Wildman–Crippen MR) is 93.1 cm³/mol. The zero-order valence-electron chi connectivity index (χ0n) is 14.2. The van der Waals surface area contributed by atoms with Gasteiger partial charge in [-0.05, 0) is 38.3 Å². The van der Waals surface area contributed by atoms with E-state index in [1.54, 1.807) is 6.92 Å². The number of carbonyl (C=O) groups excluding carboxylic acids is 2. The van der Waals surface area contributed by atoms with E-state index in [9.17, 15) is 9.59 Å². The van der Waals surface area contributed by atoms with Crippen LogP contribution in [0.3, 0.4) is 0 Å². The van der Waals surface area contributed by atoms with Crippen LogP contribution in [-0.2, 0) is 14.3 Å². The van der Waals surface area contributed by atoms with E-state index < -0.39 is 6.04 Å². The Hall–Kier alpha value is -2.41. The minimum atomic E-state index is -0.596. The number of hydrogen-bond acceptors (Lipinski definition) is 5. The third-order valence-corrected chi connectivity index (χ3v) is 5.08. The SMILES string of the molecule is C[C@@H]1N=C(C(=O)N2CCO[C@@H]3CCC[C@@H]32)NN(c2ccccc2)C1=O. The maximum atomic E-state index is 13.1. The van der Waals surface area contributed by atoms with Gasteiger partial charge in [0.25, 0.3) is 11.8 Å². The van der Waals surface area contributed by atoms with Crippen LogP contribution in [-0.4, -0.2) is 53.9 Å². The van der Waals surface area contributed by atoms with Crippen LogP contribution in [0.1, 0.15) is 26.2 Å². The number of anilines is 1. The maximum absolute atomic E-state index is 13.1. The fourth-order valence-electron chi connectivity index (χ4n) is 3.81. The second-order valence-electron chi connectivity index (χ2n) is 6.68. The Morgan fingerprint density at radius 2 is 2.08 bits per heavy atom. The number of fused-ring (bicyclic) bond motifs is 1. The zero-order chi connectivity index (χ0) is 17.4. The molecule has 0 bridgehead atoms. The van der Waals surface area contributed by atoms with Crippen LogP contribution in [0, 0.1) is 0 Å².